The molecular weight excluding hydrogens is 490 g/mol. The lowest BCUT2D eigenvalue weighted by Crippen LogP contribution is -2.38. The van der Waals surface area contributed by atoms with E-state index in [1.807, 2.05) is 53.4 Å². The highest BCUT2D eigenvalue weighted by atomic mass is 32.1. The van der Waals surface area contributed by atoms with Gasteiger partial charge in [0.25, 0.3) is 5.56 Å². The van der Waals surface area contributed by atoms with Gasteiger partial charge in [0, 0.05) is 11.4 Å². The Morgan fingerprint density at radius 2 is 1.63 bits per heavy atom. The van der Waals surface area contributed by atoms with Crippen LogP contribution in [0.4, 0.5) is 0 Å². The second kappa shape index (κ2) is 10.4. The van der Waals surface area contributed by atoms with E-state index >= 15 is 0 Å². The topological polar surface area (TPSA) is 55.2 Å². The molecule has 0 N–H and O–H groups in total. The number of amides is 1. The minimum atomic E-state index is -0.143. The van der Waals surface area contributed by atoms with Crippen molar-refractivity contribution >= 4 is 27.5 Å². The quantitative estimate of drug-likeness (QED) is 0.266. The van der Waals surface area contributed by atoms with E-state index in [1.165, 1.54) is 5.56 Å². The number of nitrogens with zero attached hydrogens (tertiary/aromatic N) is 3. The van der Waals surface area contributed by atoms with Crippen molar-refractivity contribution in [2.75, 3.05) is 6.54 Å². The molecule has 6 rings (SSSR count). The van der Waals surface area contributed by atoms with Crippen LogP contribution in [0, 0.1) is 0 Å². The molecule has 190 valence electrons. The molecule has 0 spiro atoms. The first-order chi connectivity index (χ1) is 18.6. The minimum Gasteiger partial charge on any atom is -0.337 e. The molecule has 1 aliphatic rings. The molecule has 5 nitrogen and oxygen atoms in total. The van der Waals surface area contributed by atoms with Gasteiger partial charge >= 0.3 is 0 Å². The van der Waals surface area contributed by atoms with Gasteiger partial charge < -0.3 is 4.90 Å². The molecule has 6 heteroatoms. The molecule has 1 unspecified atom stereocenters. The smallest absolute Gasteiger partial charge is 0.262 e. The van der Waals surface area contributed by atoms with Crippen molar-refractivity contribution in [3.8, 4) is 11.1 Å². The molecule has 0 saturated carbocycles. The van der Waals surface area contributed by atoms with Gasteiger partial charge in [-0.3, -0.25) is 14.2 Å². The third-order valence-electron chi connectivity index (χ3n) is 7.46. The lowest BCUT2D eigenvalue weighted by atomic mass is 9.94. The van der Waals surface area contributed by atoms with Crippen molar-refractivity contribution in [1.82, 2.24) is 14.5 Å². The number of thiophene rings is 1. The molecule has 2 aromatic heterocycles. The van der Waals surface area contributed by atoms with Crippen LogP contribution < -0.4 is 5.56 Å². The van der Waals surface area contributed by atoms with E-state index in [1.54, 1.807) is 22.2 Å². The lowest BCUT2D eigenvalue weighted by molar-refractivity contribution is -0.133. The van der Waals surface area contributed by atoms with Crippen LogP contribution in [-0.4, -0.2) is 26.9 Å². The summed E-state index contributed by atoms with van der Waals surface area (Å²) >= 11 is 1.55. The van der Waals surface area contributed by atoms with Crippen LogP contribution in [0.5, 0.6) is 0 Å². The van der Waals surface area contributed by atoms with Gasteiger partial charge in [0.15, 0.2) is 0 Å². The third-order valence-corrected chi connectivity index (χ3v) is 8.59. The maximum absolute atomic E-state index is 13.6. The molecule has 1 aliphatic heterocycles. The molecule has 1 atom stereocenters. The summed E-state index contributed by atoms with van der Waals surface area (Å²) in [4.78, 5) is 35.5. The van der Waals surface area contributed by atoms with Gasteiger partial charge in [0.2, 0.25) is 5.91 Å². The molecule has 0 fully saturated rings. The maximum Gasteiger partial charge on any atom is 0.262 e. The number of carbonyl (C=O) groups excluding carboxylic acids is 1. The summed E-state index contributed by atoms with van der Waals surface area (Å²) in [6, 6.07) is 28.6. The SMILES string of the molecule is CCC(C(=O)N1CCc2c(sc3ncn(Cc4ccc(-c5ccccc5)cc4)c(=O)c23)C1)c1ccccc1. The van der Waals surface area contributed by atoms with Crippen molar-refractivity contribution in [1.29, 1.82) is 0 Å². The van der Waals surface area contributed by atoms with E-state index in [0.717, 1.165) is 43.8 Å². The monoisotopic (exact) mass is 519 g/mol. The van der Waals surface area contributed by atoms with Crippen LogP contribution in [-0.2, 0) is 24.3 Å². The highest BCUT2D eigenvalue weighted by Gasteiger charge is 2.30. The minimum absolute atomic E-state index is 0.00451. The Bertz CT molecular complexity index is 1640. The van der Waals surface area contributed by atoms with Crippen LogP contribution in [0.15, 0.2) is 96.1 Å². The van der Waals surface area contributed by atoms with Gasteiger partial charge in [-0.05, 0) is 40.7 Å². The summed E-state index contributed by atoms with van der Waals surface area (Å²) in [5.41, 5.74) is 5.50. The fraction of sp³-hybridized carbons (Fsp3) is 0.219. The summed E-state index contributed by atoms with van der Waals surface area (Å²) in [7, 11) is 0. The number of benzene rings is 3. The van der Waals surface area contributed by atoms with E-state index in [4.69, 9.17) is 0 Å². The van der Waals surface area contributed by atoms with E-state index in [9.17, 15) is 9.59 Å². The molecule has 3 aromatic carbocycles. The van der Waals surface area contributed by atoms with Crippen molar-refractivity contribution < 1.29 is 4.79 Å². The van der Waals surface area contributed by atoms with E-state index < -0.39 is 0 Å². The van der Waals surface area contributed by atoms with Gasteiger partial charge in [-0.15, -0.1) is 11.3 Å². The number of hydrogen-bond acceptors (Lipinski definition) is 4. The summed E-state index contributed by atoms with van der Waals surface area (Å²) in [6.07, 6.45) is 3.10. The molecule has 0 aliphatic carbocycles. The molecule has 38 heavy (non-hydrogen) atoms. The van der Waals surface area contributed by atoms with Gasteiger partial charge in [0.05, 0.1) is 30.7 Å². The Morgan fingerprint density at radius 1 is 0.947 bits per heavy atom. The van der Waals surface area contributed by atoms with Crippen molar-refractivity contribution in [2.45, 2.75) is 38.8 Å². The number of aromatic nitrogens is 2. The van der Waals surface area contributed by atoms with Gasteiger partial charge in [-0.25, -0.2) is 4.98 Å². The van der Waals surface area contributed by atoms with Crippen molar-refractivity contribution in [3.05, 3.63) is 123 Å². The first-order valence-corrected chi connectivity index (χ1v) is 13.9. The molecule has 0 radical (unpaired) electrons. The molecule has 0 saturated heterocycles. The average Bonchev–Trinajstić information content (AvgIpc) is 3.35. The molecule has 3 heterocycles. The summed E-state index contributed by atoms with van der Waals surface area (Å²) in [5.74, 6) is 0.0156. The van der Waals surface area contributed by atoms with Crippen LogP contribution in [0.1, 0.15) is 40.8 Å². The molecule has 5 aromatic rings. The number of carbonyl (C=O) groups is 1. The van der Waals surface area contributed by atoms with Crippen molar-refractivity contribution in [2.24, 2.45) is 0 Å². The zero-order valence-electron chi connectivity index (χ0n) is 21.3. The first kappa shape index (κ1) is 24.3. The molecular formula is C32H29N3O2S. The zero-order valence-corrected chi connectivity index (χ0v) is 22.2. The molecule has 1 amide bonds. The Kier molecular flexibility index (Phi) is 6.64. The van der Waals surface area contributed by atoms with Crippen molar-refractivity contribution in [3.63, 3.8) is 0 Å². The predicted octanol–water partition coefficient (Wildman–Crippen LogP) is 6.25. The predicted molar refractivity (Wildman–Crippen MR) is 153 cm³/mol. The Morgan fingerprint density at radius 3 is 2.34 bits per heavy atom. The van der Waals surface area contributed by atoms with E-state index in [2.05, 4.69) is 48.3 Å². The molecule has 0 bridgehead atoms. The largest absolute Gasteiger partial charge is 0.337 e. The van der Waals surface area contributed by atoms with Crippen LogP contribution in [0.2, 0.25) is 0 Å². The average molecular weight is 520 g/mol. The highest BCUT2D eigenvalue weighted by Crippen LogP contribution is 2.34. The lowest BCUT2D eigenvalue weighted by Gasteiger charge is -2.30. The van der Waals surface area contributed by atoms with Crippen LogP contribution in [0.3, 0.4) is 0 Å². The second-order valence-electron chi connectivity index (χ2n) is 9.81. The highest BCUT2D eigenvalue weighted by molar-refractivity contribution is 7.18. The Labute approximate surface area is 226 Å². The maximum atomic E-state index is 13.6. The first-order valence-electron chi connectivity index (χ1n) is 13.1. The number of rotatable bonds is 6. The van der Waals surface area contributed by atoms with Crippen LogP contribution >= 0.6 is 11.3 Å². The fourth-order valence-corrected chi connectivity index (χ4v) is 6.60. The number of fused-ring (bicyclic) bond motifs is 3. The van der Waals surface area contributed by atoms with Gasteiger partial charge in [0.1, 0.15) is 4.83 Å². The normalized spacial score (nSPS) is 13.9. The van der Waals surface area contributed by atoms with Gasteiger partial charge in [-0.1, -0.05) is 91.9 Å². The summed E-state index contributed by atoms with van der Waals surface area (Å²) in [6.45, 7) is 3.70. The summed E-state index contributed by atoms with van der Waals surface area (Å²) < 4.78 is 1.70. The second-order valence-corrected chi connectivity index (χ2v) is 10.9. The third kappa shape index (κ3) is 4.56. The van der Waals surface area contributed by atoms with E-state index in [0.29, 0.717) is 26.1 Å². The zero-order chi connectivity index (χ0) is 26.1. The summed E-state index contributed by atoms with van der Waals surface area (Å²) in [5, 5.41) is 0.718. The van der Waals surface area contributed by atoms with E-state index in [-0.39, 0.29) is 17.4 Å². The standard InChI is InChI=1S/C32H29N3O2S/c1-2-26(25-11-7-4-8-12-25)31(36)34-18-17-27-28(20-34)38-30-29(27)32(37)35(21-33-30)19-22-13-15-24(16-14-22)23-9-5-3-6-10-23/h3-16,21,26H,2,17-20H2,1H3. The van der Waals surface area contributed by atoms with Crippen LogP contribution in [0.25, 0.3) is 21.3 Å². The Balaban J connectivity index is 1.24. The van der Waals surface area contributed by atoms with Gasteiger partial charge in [-0.2, -0.15) is 0 Å². The fourth-order valence-electron chi connectivity index (χ4n) is 5.41. The number of hydrogen-bond donors (Lipinski definition) is 0. The Hall–Kier alpha value is -4.03.